The van der Waals surface area contributed by atoms with Crippen molar-refractivity contribution in [3.8, 4) is 9.88 Å². The van der Waals surface area contributed by atoms with Crippen LogP contribution in [0.3, 0.4) is 0 Å². The summed E-state index contributed by atoms with van der Waals surface area (Å²) in [5.74, 6) is -0.783. The number of aliphatic carboxylic acids is 1. The van der Waals surface area contributed by atoms with Crippen LogP contribution in [0.1, 0.15) is 11.3 Å². The third-order valence-electron chi connectivity index (χ3n) is 1.92. The van der Waals surface area contributed by atoms with Gasteiger partial charge in [-0.05, 0) is 18.6 Å². The van der Waals surface area contributed by atoms with Gasteiger partial charge in [-0.15, -0.1) is 22.7 Å². The summed E-state index contributed by atoms with van der Waals surface area (Å²) in [4.78, 5) is 16.7. The van der Waals surface area contributed by atoms with Crippen molar-refractivity contribution in [1.82, 2.24) is 4.98 Å². The van der Waals surface area contributed by atoms with Crippen LogP contribution in [0.5, 0.6) is 0 Å². The average Bonchev–Trinajstić information content (AvgIpc) is 2.83. The van der Waals surface area contributed by atoms with Crippen molar-refractivity contribution in [3.05, 3.63) is 27.5 Å². The lowest BCUT2D eigenvalue weighted by Crippen LogP contribution is -1.95. The molecule has 2 aromatic heterocycles. The van der Waals surface area contributed by atoms with Crippen LogP contribution in [-0.4, -0.2) is 16.1 Å². The van der Waals surface area contributed by atoms with Crippen molar-refractivity contribution >= 4 is 40.2 Å². The molecule has 0 atom stereocenters. The first-order valence-corrected chi connectivity index (χ1v) is 6.58. The van der Waals surface area contributed by atoms with Gasteiger partial charge in [-0.2, -0.15) is 0 Å². The number of hydrogen-bond acceptors (Lipinski definition) is 4. The second-order valence-corrected chi connectivity index (χ2v) is 5.96. The summed E-state index contributed by atoms with van der Waals surface area (Å²) in [7, 11) is 0. The van der Waals surface area contributed by atoms with E-state index in [1.54, 1.807) is 6.20 Å². The number of carbonyl (C=O) groups is 1. The molecule has 0 radical (unpaired) electrons. The minimum Gasteiger partial charge on any atom is -0.481 e. The quantitative estimate of drug-likeness (QED) is 0.927. The third kappa shape index (κ3) is 2.81. The lowest BCUT2D eigenvalue weighted by atomic mass is 10.3. The van der Waals surface area contributed by atoms with Crippen LogP contribution in [0.15, 0.2) is 18.3 Å². The van der Waals surface area contributed by atoms with Gasteiger partial charge in [-0.25, -0.2) is 4.98 Å². The molecule has 2 rings (SSSR count). The Morgan fingerprint density at radius 1 is 1.44 bits per heavy atom. The topological polar surface area (TPSA) is 50.2 Å². The summed E-state index contributed by atoms with van der Waals surface area (Å²) in [5, 5.41) is 9.47. The fourth-order valence-corrected chi connectivity index (χ4v) is 3.21. The van der Waals surface area contributed by atoms with E-state index >= 15 is 0 Å². The van der Waals surface area contributed by atoms with Gasteiger partial charge < -0.3 is 5.11 Å². The van der Waals surface area contributed by atoms with E-state index in [-0.39, 0.29) is 6.42 Å². The molecule has 0 aromatic carbocycles. The zero-order valence-electron chi connectivity index (χ0n) is 8.14. The van der Waals surface area contributed by atoms with Gasteiger partial charge in [0.15, 0.2) is 0 Å². The first kappa shape index (κ1) is 11.6. The second-order valence-electron chi connectivity index (χ2n) is 3.13. The maximum Gasteiger partial charge on any atom is 0.303 e. The van der Waals surface area contributed by atoms with Crippen molar-refractivity contribution in [2.75, 3.05) is 0 Å². The van der Waals surface area contributed by atoms with Crippen LogP contribution in [-0.2, 0) is 11.2 Å². The van der Waals surface area contributed by atoms with Gasteiger partial charge >= 0.3 is 5.97 Å². The van der Waals surface area contributed by atoms with Gasteiger partial charge in [-0.3, -0.25) is 4.79 Å². The van der Waals surface area contributed by atoms with Crippen LogP contribution in [0.4, 0.5) is 0 Å². The minimum atomic E-state index is -0.783. The summed E-state index contributed by atoms with van der Waals surface area (Å²) >= 11 is 8.83. The molecule has 16 heavy (non-hydrogen) atoms. The molecule has 0 saturated carbocycles. The predicted octanol–water partition coefficient (Wildman–Crippen LogP) is 3.54. The number of thiophene rings is 1. The Labute approximate surface area is 105 Å². The number of nitrogens with zero attached hydrogens (tertiary/aromatic N) is 1. The highest BCUT2D eigenvalue weighted by Crippen LogP contribution is 2.33. The van der Waals surface area contributed by atoms with Crippen LogP contribution in [0.2, 0.25) is 4.34 Å². The number of thiazole rings is 1. The SMILES string of the molecule is O=C(O)CCc1cnc(-c2ccc(Cl)s2)s1. The van der Waals surface area contributed by atoms with E-state index in [1.807, 2.05) is 12.1 Å². The highest BCUT2D eigenvalue weighted by molar-refractivity contribution is 7.23. The molecule has 6 heteroatoms. The van der Waals surface area contributed by atoms with E-state index in [1.165, 1.54) is 22.7 Å². The molecule has 3 nitrogen and oxygen atoms in total. The largest absolute Gasteiger partial charge is 0.481 e. The van der Waals surface area contributed by atoms with Crippen LogP contribution in [0.25, 0.3) is 9.88 Å². The maximum absolute atomic E-state index is 10.4. The number of halogens is 1. The van der Waals surface area contributed by atoms with E-state index in [4.69, 9.17) is 16.7 Å². The fraction of sp³-hybridized carbons (Fsp3) is 0.200. The van der Waals surface area contributed by atoms with Crippen molar-refractivity contribution < 1.29 is 9.90 Å². The van der Waals surface area contributed by atoms with E-state index in [0.29, 0.717) is 6.42 Å². The number of rotatable bonds is 4. The Morgan fingerprint density at radius 2 is 2.25 bits per heavy atom. The van der Waals surface area contributed by atoms with Crippen LogP contribution in [0, 0.1) is 0 Å². The fourth-order valence-electron chi connectivity index (χ4n) is 1.20. The molecule has 0 aliphatic heterocycles. The molecule has 0 bridgehead atoms. The van der Waals surface area contributed by atoms with Crippen molar-refractivity contribution in [3.63, 3.8) is 0 Å². The minimum absolute atomic E-state index is 0.146. The third-order valence-corrected chi connectivity index (χ3v) is 4.38. The average molecular weight is 274 g/mol. The van der Waals surface area contributed by atoms with Gasteiger partial charge in [-0.1, -0.05) is 11.6 Å². The second kappa shape index (κ2) is 4.95. The summed E-state index contributed by atoms with van der Waals surface area (Å²) in [6, 6.07) is 3.76. The van der Waals surface area contributed by atoms with Crippen molar-refractivity contribution in [2.24, 2.45) is 0 Å². The molecule has 0 amide bonds. The summed E-state index contributed by atoms with van der Waals surface area (Å²) in [5.41, 5.74) is 0. The van der Waals surface area contributed by atoms with E-state index in [2.05, 4.69) is 4.98 Å². The smallest absolute Gasteiger partial charge is 0.303 e. The number of carboxylic acid groups (broad SMARTS) is 1. The Balaban J connectivity index is 2.10. The molecule has 84 valence electrons. The first-order valence-electron chi connectivity index (χ1n) is 4.57. The zero-order chi connectivity index (χ0) is 11.5. The molecule has 2 heterocycles. The lowest BCUT2D eigenvalue weighted by Gasteiger charge is -1.90. The van der Waals surface area contributed by atoms with Crippen molar-refractivity contribution in [2.45, 2.75) is 12.8 Å². The van der Waals surface area contributed by atoms with Gasteiger partial charge in [0.25, 0.3) is 0 Å². The molecule has 0 unspecified atom stereocenters. The monoisotopic (exact) mass is 273 g/mol. The van der Waals surface area contributed by atoms with Crippen molar-refractivity contribution in [1.29, 1.82) is 0 Å². The molecule has 0 spiro atoms. The highest BCUT2D eigenvalue weighted by Gasteiger charge is 2.08. The van der Waals surface area contributed by atoms with Crippen LogP contribution < -0.4 is 0 Å². The molecule has 1 N–H and O–H groups in total. The van der Waals surface area contributed by atoms with Gasteiger partial charge in [0.1, 0.15) is 5.01 Å². The molecule has 0 aliphatic carbocycles. The number of hydrogen-bond donors (Lipinski definition) is 1. The maximum atomic E-state index is 10.4. The predicted molar refractivity (Wildman–Crippen MR) is 66.4 cm³/mol. The molecule has 0 fully saturated rings. The summed E-state index contributed by atoms with van der Waals surface area (Å²) in [6.07, 6.45) is 2.41. The Bertz CT molecular complexity index is 506. The molecular formula is C10H8ClNO2S2. The van der Waals surface area contributed by atoms with E-state index in [9.17, 15) is 4.79 Å². The first-order chi connectivity index (χ1) is 7.65. The lowest BCUT2D eigenvalue weighted by molar-refractivity contribution is -0.136. The number of carboxylic acids is 1. The molecule has 0 saturated heterocycles. The Morgan fingerprint density at radius 3 is 2.88 bits per heavy atom. The summed E-state index contributed by atoms with van der Waals surface area (Å²) in [6.45, 7) is 0. The molecule has 2 aromatic rings. The number of aromatic nitrogens is 1. The molecular weight excluding hydrogens is 266 g/mol. The zero-order valence-corrected chi connectivity index (χ0v) is 10.5. The standard InChI is InChI=1S/C10H8ClNO2S2/c11-8-3-2-7(16-8)10-12-5-6(15-10)1-4-9(13)14/h2-3,5H,1,4H2,(H,13,14). The van der Waals surface area contributed by atoms with Gasteiger partial charge in [0.2, 0.25) is 0 Å². The van der Waals surface area contributed by atoms with E-state index in [0.717, 1.165) is 19.1 Å². The molecule has 0 aliphatic rings. The Hall–Kier alpha value is -0.910. The summed E-state index contributed by atoms with van der Waals surface area (Å²) < 4.78 is 0.734. The highest BCUT2D eigenvalue weighted by atomic mass is 35.5. The normalized spacial score (nSPS) is 10.6. The number of aryl methyl sites for hydroxylation is 1. The Kier molecular flexibility index (Phi) is 3.58. The van der Waals surface area contributed by atoms with Crippen LogP contribution >= 0.6 is 34.3 Å². The van der Waals surface area contributed by atoms with Gasteiger partial charge in [0, 0.05) is 11.1 Å². The van der Waals surface area contributed by atoms with Gasteiger partial charge in [0.05, 0.1) is 15.6 Å². The van der Waals surface area contributed by atoms with E-state index < -0.39 is 5.97 Å².